The molecule has 144 valence electrons. The Morgan fingerprint density at radius 1 is 1.30 bits per heavy atom. The van der Waals surface area contributed by atoms with E-state index in [9.17, 15) is 4.79 Å². The average Bonchev–Trinajstić information content (AvgIpc) is 2.68. The first-order chi connectivity index (χ1) is 13.0. The van der Waals surface area contributed by atoms with Gasteiger partial charge >= 0.3 is 0 Å². The van der Waals surface area contributed by atoms with Crippen LogP contribution in [0.2, 0.25) is 5.02 Å². The van der Waals surface area contributed by atoms with Gasteiger partial charge in [-0.1, -0.05) is 41.9 Å². The first kappa shape index (κ1) is 19.6. The molecular weight excluding hydrogens is 364 g/mol. The van der Waals surface area contributed by atoms with Gasteiger partial charge in [-0.05, 0) is 25.5 Å². The van der Waals surface area contributed by atoms with Gasteiger partial charge in [0, 0.05) is 31.6 Å². The molecule has 5 nitrogen and oxygen atoms in total. The Labute approximate surface area is 165 Å². The zero-order valence-electron chi connectivity index (χ0n) is 15.7. The number of hydrogen-bond acceptors (Lipinski definition) is 4. The van der Waals surface area contributed by atoms with Crippen LogP contribution >= 0.6 is 11.6 Å². The highest BCUT2D eigenvalue weighted by Gasteiger charge is 2.22. The molecule has 1 saturated heterocycles. The van der Waals surface area contributed by atoms with Gasteiger partial charge in [0.15, 0.2) is 0 Å². The maximum absolute atomic E-state index is 13.0. The average molecular weight is 389 g/mol. The van der Waals surface area contributed by atoms with Crippen molar-refractivity contribution in [3.63, 3.8) is 0 Å². The van der Waals surface area contributed by atoms with Gasteiger partial charge in [-0.25, -0.2) is 4.98 Å². The van der Waals surface area contributed by atoms with E-state index in [4.69, 9.17) is 21.1 Å². The van der Waals surface area contributed by atoms with E-state index in [-0.39, 0.29) is 18.1 Å². The van der Waals surface area contributed by atoms with Crippen LogP contribution in [0.4, 0.5) is 0 Å². The summed E-state index contributed by atoms with van der Waals surface area (Å²) in [5.74, 6) is 0.278. The van der Waals surface area contributed by atoms with E-state index in [0.29, 0.717) is 36.2 Å². The quantitative estimate of drug-likeness (QED) is 0.738. The normalized spacial score (nSPS) is 15.0. The lowest BCUT2D eigenvalue weighted by molar-refractivity contribution is 0.0238. The molecule has 1 aliphatic heterocycles. The molecule has 2 heterocycles. The summed E-state index contributed by atoms with van der Waals surface area (Å²) in [4.78, 5) is 19.1. The van der Waals surface area contributed by atoms with Gasteiger partial charge in [0.25, 0.3) is 5.91 Å². The predicted molar refractivity (Wildman–Crippen MR) is 105 cm³/mol. The summed E-state index contributed by atoms with van der Waals surface area (Å²) in [5.41, 5.74) is 1.54. The minimum absolute atomic E-state index is 0.0506. The van der Waals surface area contributed by atoms with Crippen molar-refractivity contribution < 1.29 is 14.3 Å². The number of hydrogen-bond donors (Lipinski definition) is 0. The number of rotatable bonds is 6. The molecule has 0 radical (unpaired) electrons. The molecule has 1 aromatic heterocycles. The van der Waals surface area contributed by atoms with E-state index in [1.807, 2.05) is 49.1 Å². The maximum Gasteiger partial charge on any atom is 0.256 e. The second-order valence-corrected chi connectivity index (χ2v) is 7.36. The van der Waals surface area contributed by atoms with Crippen LogP contribution in [0.3, 0.4) is 0 Å². The monoisotopic (exact) mass is 388 g/mol. The van der Waals surface area contributed by atoms with Gasteiger partial charge in [0.05, 0.1) is 18.8 Å². The van der Waals surface area contributed by atoms with Crippen LogP contribution in [0.5, 0.6) is 5.88 Å². The van der Waals surface area contributed by atoms with Gasteiger partial charge in [0.1, 0.15) is 11.1 Å². The molecule has 27 heavy (non-hydrogen) atoms. The highest BCUT2D eigenvalue weighted by molar-refractivity contribution is 6.32. The molecule has 3 rings (SSSR count). The molecule has 1 fully saturated rings. The SMILES string of the molecule is CC(C)N(Cc1ccccc1)C(=O)c1cnc(OC2CCOCC2)c(Cl)c1. The van der Waals surface area contributed by atoms with Gasteiger partial charge in [-0.3, -0.25) is 4.79 Å². The second kappa shape index (κ2) is 9.20. The van der Waals surface area contributed by atoms with E-state index in [1.165, 1.54) is 0 Å². The van der Waals surface area contributed by atoms with Crippen LogP contribution in [-0.4, -0.2) is 41.2 Å². The molecule has 1 amide bonds. The molecule has 0 N–H and O–H groups in total. The number of carbonyl (C=O) groups excluding carboxylic acids is 1. The van der Waals surface area contributed by atoms with Crippen molar-refractivity contribution in [1.82, 2.24) is 9.88 Å². The Hall–Kier alpha value is -2.11. The first-order valence-corrected chi connectivity index (χ1v) is 9.67. The van der Waals surface area contributed by atoms with Gasteiger partial charge in [-0.15, -0.1) is 0 Å². The van der Waals surface area contributed by atoms with Gasteiger partial charge < -0.3 is 14.4 Å². The molecule has 1 aromatic carbocycles. The zero-order chi connectivity index (χ0) is 19.2. The fraction of sp³-hybridized carbons (Fsp3) is 0.429. The Morgan fingerprint density at radius 3 is 2.63 bits per heavy atom. The van der Waals surface area contributed by atoms with Crippen molar-refractivity contribution in [3.05, 3.63) is 58.7 Å². The summed E-state index contributed by atoms with van der Waals surface area (Å²) in [6, 6.07) is 11.6. The third kappa shape index (κ3) is 5.21. The number of benzene rings is 1. The molecular formula is C21H25ClN2O3. The number of carbonyl (C=O) groups is 1. The minimum atomic E-state index is -0.0964. The topological polar surface area (TPSA) is 51.7 Å². The number of aromatic nitrogens is 1. The Bertz CT molecular complexity index is 761. The summed E-state index contributed by atoms with van der Waals surface area (Å²) in [5, 5.41) is 0.357. The van der Waals surface area contributed by atoms with Crippen LogP contribution in [0.25, 0.3) is 0 Å². The standard InChI is InChI=1S/C21H25ClN2O3/c1-15(2)24(14-16-6-4-3-5-7-16)21(25)17-12-19(22)20(23-13-17)27-18-8-10-26-11-9-18/h3-7,12-13,15,18H,8-11,14H2,1-2H3. The third-order valence-electron chi connectivity index (χ3n) is 4.58. The number of pyridine rings is 1. The Morgan fingerprint density at radius 2 is 2.00 bits per heavy atom. The number of ether oxygens (including phenoxy) is 2. The van der Waals surface area contributed by atoms with Crippen LogP contribution in [0, 0.1) is 0 Å². The molecule has 0 bridgehead atoms. The minimum Gasteiger partial charge on any atom is -0.473 e. The largest absolute Gasteiger partial charge is 0.473 e. The van der Waals surface area contributed by atoms with E-state index in [0.717, 1.165) is 18.4 Å². The molecule has 6 heteroatoms. The second-order valence-electron chi connectivity index (χ2n) is 6.95. The molecule has 0 atom stereocenters. The highest BCUT2D eigenvalue weighted by atomic mass is 35.5. The molecule has 0 aliphatic carbocycles. The number of nitrogens with zero attached hydrogens (tertiary/aromatic N) is 2. The predicted octanol–water partition coefficient (Wildman–Crippen LogP) is 4.34. The Balaban J connectivity index is 1.73. The van der Waals surface area contributed by atoms with E-state index in [1.54, 1.807) is 12.3 Å². The third-order valence-corrected chi connectivity index (χ3v) is 4.85. The van der Waals surface area contributed by atoms with Crippen LogP contribution in [-0.2, 0) is 11.3 Å². The molecule has 0 unspecified atom stereocenters. The fourth-order valence-electron chi connectivity index (χ4n) is 3.02. The van der Waals surface area contributed by atoms with E-state index in [2.05, 4.69) is 4.98 Å². The zero-order valence-corrected chi connectivity index (χ0v) is 16.5. The number of halogens is 1. The van der Waals surface area contributed by atoms with Crippen molar-refractivity contribution in [3.8, 4) is 5.88 Å². The van der Waals surface area contributed by atoms with Crippen LogP contribution < -0.4 is 4.74 Å². The lowest BCUT2D eigenvalue weighted by atomic mass is 10.1. The van der Waals surface area contributed by atoms with Gasteiger partial charge in [0.2, 0.25) is 5.88 Å². The highest BCUT2D eigenvalue weighted by Crippen LogP contribution is 2.26. The van der Waals surface area contributed by atoms with Gasteiger partial charge in [-0.2, -0.15) is 0 Å². The van der Waals surface area contributed by atoms with Crippen molar-refractivity contribution in [2.45, 2.75) is 45.4 Å². The lowest BCUT2D eigenvalue weighted by Gasteiger charge is -2.27. The van der Waals surface area contributed by atoms with E-state index >= 15 is 0 Å². The maximum atomic E-state index is 13.0. The molecule has 0 saturated carbocycles. The number of amides is 1. The summed E-state index contributed by atoms with van der Waals surface area (Å²) < 4.78 is 11.2. The molecule has 0 spiro atoms. The lowest BCUT2D eigenvalue weighted by Crippen LogP contribution is -2.36. The Kier molecular flexibility index (Phi) is 6.69. The summed E-state index contributed by atoms with van der Waals surface area (Å²) in [7, 11) is 0. The fourth-order valence-corrected chi connectivity index (χ4v) is 3.23. The van der Waals surface area contributed by atoms with Crippen molar-refractivity contribution >= 4 is 17.5 Å². The summed E-state index contributed by atoms with van der Waals surface area (Å²) in [6.07, 6.45) is 3.23. The molecule has 2 aromatic rings. The summed E-state index contributed by atoms with van der Waals surface area (Å²) in [6.45, 7) is 5.90. The smallest absolute Gasteiger partial charge is 0.256 e. The van der Waals surface area contributed by atoms with Crippen LogP contribution in [0.1, 0.15) is 42.6 Å². The summed E-state index contributed by atoms with van der Waals surface area (Å²) >= 11 is 6.35. The van der Waals surface area contributed by atoms with Crippen molar-refractivity contribution in [1.29, 1.82) is 0 Å². The molecule has 1 aliphatic rings. The van der Waals surface area contributed by atoms with E-state index < -0.39 is 0 Å². The van der Waals surface area contributed by atoms with Crippen molar-refractivity contribution in [2.75, 3.05) is 13.2 Å². The van der Waals surface area contributed by atoms with Crippen molar-refractivity contribution in [2.24, 2.45) is 0 Å². The van der Waals surface area contributed by atoms with Crippen LogP contribution in [0.15, 0.2) is 42.6 Å². The first-order valence-electron chi connectivity index (χ1n) is 9.29.